The number of nitrogens with two attached hydrogens (primary N) is 1. The Hall–Kier alpha value is -2.54. The number of para-hydroxylation sites is 1. The van der Waals surface area contributed by atoms with Crippen LogP contribution in [-0.2, 0) is 6.42 Å². The number of anilines is 3. The van der Waals surface area contributed by atoms with Crippen molar-refractivity contribution in [2.75, 3.05) is 24.3 Å². The number of hydrogen-bond donors (Lipinski definition) is 2. The number of aliphatic hydroxyl groups excluding tert-OH is 1. The van der Waals surface area contributed by atoms with E-state index >= 15 is 0 Å². The van der Waals surface area contributed by atoms with E-state index < -0.39 is 0 Å². The number of fused-ring (bicyclic) bond motifs is 1. The van der Waals surface area contributed by atoms with Crippen LogP contribution in [0.4, 0.5) is 23.0 Å². The number of nitrogens with one attached hydrogen (secondary N) is 1. The van der Waals surface area contributed by atoms with Crippen LogP contribution >= 0.6 is 0 Å². The van der Waals surface area contributed by atoms with Gasteiger partial charge >= 0.3 is 0 Å². The highest BCUT2D eigenvalue weighted by Gasteiger charge is 2.29. The fourth-order valence-electron chi connectivity index (χ4n) is 2.28. The number of aliphatic hydroxyl groups is 1. The van der Waals surface area contributed by atoms with Gasteiger partial charge in [0.15, 0.2) is 0 Å². The molecule has 4 N–H and O–H groups in total. The third-order valence-corrected chi connectivity index (χ3v) is 3.12. The third kappa shape index (κ3) is 3.37. The van der Waals surface area contributed by atoms with Crippen LogP contribution in [-0.4, -0.2) is 23.7 Å². The Morgan fingerprint density at radius 3 is 2.68 bits per heavy atom. The highest BCUT2D eigenvalue weighted by molar-refractivity contribution is 5.77. The molecule has 1 aromatic carbocycles. The van der Waals surface area contributed by atoms with Gasteiger partial charge in [-0.1, -0.05) is 37.0 Å². The molecule has 7 nitrogen and oxygen atoms in total. The molecule has 1 aromatic heterocycles. The molecule has 0 saturated heterocycles. The minimum atomic E-state index is 0.142. The van der Waals surface area contributed by atoms with Crippen LogP contribution < -0.4 is 15.6 Å². The molecule has 0 radical (unpaired) electrons. The first kappa shape index (κ1) is 17.5. The molecule has 0 atom stereocenters. The summed E-state index contributed by atoms with van der Waals surface area (Å²) in [5, 5.41) is 9.98. The van der Waals surface area contributed by atoms with Gasteiger partial charge in [0.25, 0.3) is 5.82 Å². The molecule has 0 aliphatic carbocycles. The van der Waals surface area contributed by atoms with Gasteiger partial charge in [-0.05, 0) is 16.8 Å². The first-order valence-corrected chi connectivity index (χ1v) is 7.11. The first-order valence-electron chi connectivity index (χ1n) is 7.11. The van der Waals surface area contributed by atoms with Gasteiger partial charge in [-0.25, -0.2) is 4.98 Å². The topological polar surface area (TPSA) is 106 Å². The lowest BCUT2D eigenvalue weighted by atomic mass is 10.2. The number of H-pyrrole nitrogens is 1. The van der Waals surface area contributed by atoms with E-state index in [4.69, 9.17) is 10.8 Å². The monoisotopic (exact) mass is 304 g/mol. The van der Waals surface area contributed by atoms with Crippen LogP contribution in [0, 0.1) is 4.91 Å². The van der Waals surface area contributed by atoms with Crippen molar-refractivity contribution in [2.45, 2.75) is 20.3 Å². The van der Waals surface area contributed by atoms with Crippen molar-refractivity contribution in [1.29, 1.82) is 0 Å². The van der Waals surface area contributed by atoms with Crippen molar-refractivity contribution in [2.24, 2.45) is 5.18 Å². The number of nitroso groups, excluding NO2 is 1. The van der Waals surface area contributed by atoms with E-state index in [2.05, 4.69) is 21.2 Å². The van der Waals surface area contributed by atoms with Crippen molar-refractivity contribution in [3.63, 3.8) is 0 Å². The first-order chi connectivity index (χ1) is 10.8. The number of hydrogen-bond acceptors (Lipinski definition) is 6. The number of benzene rings is 1. The Morgan fingerprint density at radius 1 is 1.32 bits per heavy atom. The minimum Gasteiger partial charge on any atom is -0.400 e. The van der Waals surface area contributed by atoms with Gasteiger partial charge in [0.2, 0.25) is 17.8 Å². The third-order valence-electron chi connectivity index (χ3n) is 3.12. The fourth-order valence-corrected chi connectivity index (χ4v) is 2.28. The second-order valence-electron chi connectivity index (χ2n) is 4.11. The van der Waals surface area contributed by atoms with Gasteiger partial charge in [0.1, 0.15) is 5.69 Å². The molecule has 0 bridgehead atoms. The molecule has 2 aromatic rings. The van der Waals surface area contributed by atoms with Gasteiger partial charge < -0.3 is 10.8 Å². The Labute approximate surface area is 129 Å². The van der Waals surface area contributed by atoms with Gasteiger partial charge in [0, 0.05) is 13.5 Å². The molecular formula is C15H22N5O2+. The molecule has 0 saturated carbocycles. The smallest absolute Gasteiger partial charge is 0.261 e. The summed E-state index contributed by atoms with van der Waals surface area (Å²) in [4.78, 5) is 19.7. The van der Waals surface area contributed by atoms with Crippen LogP contribution in [0.5, 0.6) is 0 Å². The zero-order valence-corrected chi connectivity index (χ0v) is 13.1. The summed E-state index contributed by atoms with van der Waals surface area (Å²) < 4.78 is 0. The summed E-state index contributed by atoms with van der Waals surface area (Å²) in [6.45, 7) is 4.79. The predicted octanol–water partition coefficient (Wildman–Crippen LogP) is 2.20. The molecule has 22 heavy (non-hydrogen) atoms. The SMILES string of the molecule is CC.CO.Nc1nc[nH+]c(N2CCc3ccccc32)c1N=O. The average molecular weight is 304 g/mol. The van der Waals surface area contributed by atoms with E-state index in [0.29, 0.717) is 5.82 Å². The summed E-state index contributed by atoms with van der Waals surface area (Å²) in [5.41, 5.74) is 8.15. The second-order valence-corrected chi connectivity index (χ2v) is 4.11. The Morgan fingerprint density at radius 2 is 2.00 bits per heavy atom. The Kier molecular flexibility index (Phi) is 6.91. The lowest BCUT2D eigenvalue weighted by Gasteiger charge is -2.13. The summed E-state index contributed by atoms with van der Waals surface area (Å²) in [6, 6.07) is 8.07. The van der Waals surface area contributed by atoms with E-state index in [1.165, 1.54) is 11.9 Å². The Balaban J connectivity index is 0.000000561. The molecule has 0 unspecified atom stereocenters. The maximum Gasteiger partial charge on any atom is 0.261 e. The molecule has 1 aliphatic rings. The van der Waals surface area contributed by atoms with E-state index in [0.717, 1.165) is 25.8 Å². The van der Waals surface area contributed by atoms with E-state index in [1.54, 1.807) is 0 Å². The maximum absolute atomic E-state index is 10.9. The summed E-state index contributed by atoms with van der Waals surface area (Å²) in [6.07, 6.45) is 2.41. The van der Waals surface area contributed by atoms with Gasteiger partial charge in [-0.15, -0.1) is 4.91 Å². The summed E-state index contributed by atoms with van der Waals surface area (Å²) >= 11 is 0. The quantitative estimate of drug-likeness (QED) is 0.827. The summed E-state index contributed by atoms with van der Waals surface area (Å²) in [5.74, 6) is 0.741. The number of nitrogens with zero attached hydrogens (tertiary/aromatic N) is 3. The van der Waals surface area contributed by atoms with Crippen molar-refractivity contribution in [3.05, 3.63) is 41.1 Å². The number of nitrogen functional groups attached to an aromatic ring is 1. The lowest BCUT2D eigenvalue weighted by Crippen LogP contribution is -2.23. The molecular weight excluding hydrogens is 282 g/mol. The molecule has 0 amide bonds. The summed E-state index contributed by atoms with van der Waals surface area (Å²) in [7, 11) is 1.00. The van der Waals surface area contributed by atoms with Gasteiger partial charge in [-0.2, -0.15) is 0 Å². The van der Waals surface area contributed by atoms with Crippen LogP contribution in [0.1, 0.15) is 19.4 Å². The van der Waals surface area contributed by atoms with Gasteiger partial charge in [0.05, 0.1) is 6.54 Å². The van der Waals surface area contributed by atoms with E-state index in [-0.39, 0.29) is 11.5 Å². The second kappa shape index (κ2) is 8.68. The number of aromatic amines is 1. The number of rotatable bonds is 2. The molecule has 2 heterocycles. The molecule has 7 heteroatoms. The van der Waals surface area contributed by atoms with Crippen LogP contribution in [0.2, 0.25) is 0 Å². The van der Waals surface area contributed by atoms with Crippen LogP contribution in [0.25, 0.3) is 0 Å². The highest BCUT2D eigenvalue weighted by atomic mass is 16.3. The molecule has 1 aliphatic heterocycles. The average Bonchev–Trinajstić information content (AvgIpc) is 3.02. The zero-order chi connectivity index (χ0) is 16.5. The lowest BCUT2D eigenvalue weighted by molar-refractivity contribution is -0.367. The minimum absolute atomic E-state index is 0.142. The van der Waals surface area contributed by atoms with E-state index in [1.807, 2.05) is 36.9 Å². The van der Waals surface area contributed by atoms with Crippen molar-refractivity contribution < 1.29 is 10.1 Å². The molecule has 3 rings (SSSR count). The normalized spacial score (nSPS) is 11.5. The van der Waals surface area contributed by atoms with E-state index in [9.17, 15) is 4.91 Å². The highest BCUT2D eigenvalue weighted by Crippen LogP contribution is 2.37. The molecule has 0 fully saturated rings. The van der Waals surface area contributed by atoms with Crippen LogP contribution in [0.15, 0.2) is 35.8 Å². The fraction of sp³-hybridized carbons (Fsp3) is 0.333. The maximum atomic E-state index is 10.9. The molecule has 0 spiro atoms. The van der Waals surface area contributed by atoms with Crippen molar-refractivity contribution in [3.8, 4) is 0 Å². The standard InChI is InChI=1S/C12H11N5O.C2H6.CH4O/c13-11-10(16-18)12(15-7-14-11)17-6-5-8-3-1-2-4-9(8)17;2*1-2/h1-4,7H,5-6H2,(H2,13,14,15);1-2H3;2H,1H3/p+1. The van der Waals surface area contributed by atoms with Crippen molar-refractivity contribution >= 4 is 23.0 Å². The molecule has 118 valence electrons. The van der Waals surface area contributed by atoms with Crippen LogP contribution in [0.3, 0.4) is 0 Å². The predicted molar refractivity (Wildman–Crippen MR) is 87.3 cm³/mol. The zero-order valence-electron chi connectivity index (χ0n) is 13.1. The largest absolute Gasteiger partial charge is 0.400 e. The number of aromatic nitrogens is 2. The van der Waals surface area contributed by atoms with Crippen molar-refractivity contribution in [1.82, 2.24) is 4.98 Å². The van der Waals surface area contributed by atoms with Gasteiger partial charge in [-0.3, -0.25) is 4.90 Å². The Bertz CT molecular complexity index is 619.